The van der Waals surface area contributed by atoms with E-state index in [0.29, 0.717) is 18.6 Å². The van der Waals surface area contributed by atoms with Crippen LogP contribution in [0.5, 0.6) is 0 Å². The van der Waals surface area contributed by atoms with Gasteiger partial charge in [-0.1, -0.05) is 6.92 Å². The number of rotatable bonds is 7. The molecule has 2 heterocycles. The number of nitrogens with zero attached hydrogens (tertiary/aromatic N) is 4. The van der Waals surface area contributed by atoms with Crippen molar-refractivity contribution in [2.75, 3.05) is 19.6 Å². The molecule has 6 nitrogen and oxygen atoms in total. The first-order valence-electron chi connectivity index (χ1n) is 8.20. The summed E-state index contributed by atoms with van der Waals surface area (Å²) in [7, 11) is 0. The van der Waals surface area contributed by atoms with Crippen molar-refractivity contribution >= 4 is 5.97 Å². The largest absolute Gasteiger partial charge is 0.481 e. The van der Waals surface area contributed by atoms with Crippen molar-refractivity contribution in [1.82, 2.24) is 19.6 Å². The van der Waals surface area contributed by atoms with E-state index in [9.17, 15) is 4.79 Å². The van der Waals surface area contributed by atoms with Crippen molar-refractivity contribution < 1.29 is 9.90 Å². The molecule has 0 saturated carbocycles. The number of hydrogen-bond donors (Lipinski definition) is 1. The van der Waals surface area contributed by atoms with Crippen LogP contribution in [0.2, 0.25) is 0 Å². The Morgan fingerprint density at radius 2 is 2.23 bits per heavy atom. The maximum absolute atomic E-state index is 10.6. The molecule has 22 heavy (non-hydrogen) atoms. The third-order valence-electron chi connectivity index (χ3n) is 4.39. The Hall–Kier alpha value is -1.40. The molecular formula is C16H28N4O2. The molecule has 0 aliphatic carbocycles. The van der Waals surface area contributed by atoms with Gasteiger partial charge in [0.15, 0.2) is 0 Å². The zero-order valence-corrected chi connectivity index (χ0v) is 13.9. The van der Waals surface area contributed by atoms with Crippen LogP contribution in [-0.2, 0) is 17.9 Å². The first-order valence-corrected chi connectivity index (χ1v) is 8.20. The van der Waals surface area contributed by atoms with Crippen LogP contribution in [0.3, 0.4) is 0 Å². The fourth-order valence-electron chi connectivity index (χ4n) is 3.20. The molecule has 6 heteroatoms. The quantitative estimate of drug-likeness (QED) is 0.830. The zero-order chi connectivity index (χ0) is 16.1. The number of carboxylic acid groups (broad SMARTS) is 1. The van der Waals surface area contributed by atoms with Crippen molar-refractivity contribution in [3.8, 4) is 0 Å². The Labute approximate surface area is 132 Å². The third kappa shape index (κ3) is 4.55. The molecule has 1 aromatic heterocycles. The smallest absolute Gasteiger partial charge is 0.305 e. The molecule has 1 atom stereocenters. The summed E-state index contributed by atoms with van der Waals surface area (Å²) in [6, 6.07) is 1.22. The van der Waals surface area contributed by atoms with Crippen LogP contribution in [0.4, 0.5) is 0 Å². The Morgan fingerprint density at radius 1 is 1.45 bits per heavy atom. The Kier molecular flexibility index (Phi) is 5.97. The van der Waals surface area contributed by atoms with E-state index in [1.54, 1.807) is 4.68 Å². The second-order valence-electron chi connectivity index (χ2n) is 6.38. The molecular weight excluding hydrogens is 280 g/mol. The molecule has 0 aromatic carbocycles. The van der Waals surface area contributed by atoms with Gasteiger partial charge in [0.2, 0.25) is 0 Å². The van der Waals surface area contributed by atoms with Crippen molar-refractivity contribution in [3.05, 3.63) is 18.0 Å². The van der Waals surface area contributed by atoms with Crippen LogP contribution in [0, 0.1) is 0 Å². The summed E-state index contributed by atoms with van der Waals surface area (Å²) in [5, 5.41) is 13.0. The van der Waals surface area contributed by atoms with Gasteiger partial charge in [-0.25, -0.2) is 0 Å². The number of carboxylic acids is 1. The molecule has 0 amide bonds. The van der Waals surface area contributed by atoms with E-state index in [4.69, 9.17) is 5.11 Å². The van der Waals surface area contributed by atoms with Gasteiger partial charge in [0.05, 0.1) is 19.2 Å². The highest BCUT2D eigenvalue weighted by Gasteiger charge is 2.27. The van der Waals surface area contributed by atoms with Gasteiger partial charge in [-0.15, -0.1) is 0 Å². The number of hydrogen-bond acceptors (Lipinski definition) is 4. The van der Waals surface area contributed by atoms with Crippen LogP contribution in [0.15, 0.2) is 12.4 Å². The van der Waals surface area contributed by atoms with Gasteiger partial charge in [0.25, 0.3) is 0 Å². The lowest BCUT2D eigenvalue weighted by atomic mass is 10.1. The highest BCUT2D eigenvalue weighted by atomic mass is 16.4. The predicted octanol–water partition coefficient (Wildman–Crippen LogP) is 1.66. The van der Waals surface area contributed by atoms with Crippen LogP contribution in [0.25, 0.3) is 0 Å². The van der Waals surface area contributed by atoms with Gasteiger partial charge in [0, 0.05) is 50.0 Å². The van der Waals surface area contributed by atoms with E-state index in [1.165, 1.54) is 12.0 Å². The lowest BCUT2D eigenvalue weighted by Crippen LogP contribution is -2.54. The van der Waals surface area contributed by atoms with Gasteiger partial charge in [-0.05, 0) is 20.3 Å². The second-order valence-corrected chi connectivity index (χ2v) is 6.38. The Bertz CT molecular complexity index is 486. The highest BCUT2D eigenvalue weighted by Crippen LogP contribution is 2.17. The lowest BCUT2D eigenvalue weighted by molar-refractivity contribution is -0.137. The minimum Gasteiger partial charge on any atom is -0.481 e. The number of aryl methyl sites for hydroxylation is 1. The topological polar surface area (TPSA) is 61.6 Å². The maximum atomic E-state index is 10.6. The van der Waals surface area contributed by atoms with Crippen LogP contribution < -0.4 is 0 Å². The average molecular weight is 308 g/mol. The molecule has 1 fully saturated rings. The maximum Gasteiger partial charge on any atom is 0.305 e. The van der Waals surface area contributed by atoms with Crippen molar-refractivity contribution in [2.45, 2.75) is 58.8 Å². The zero-order valence-electron chi connectivity index (χ0n) is 13.9. The molecule has 2 rings (SSSR count). The molecule has 0 radical (unpaired) electrons. The first-order chi connectivity index (χ1) is 10.5. The minimum absolute atomic E-state index is 0.117. The Morgan fingerprint density at radius 3 is 2.86 bits per heavy atom. The van der Waals surface area contributed by atoms with E-state index < -0.39 is 5.97 Å². The van der Waals surface area contributed by atoms with Gasteiger partial charge >= 0.3 is 5.97 Å². The second kappa shape index (κ2) is 7.74. The van der Waals surface area contributed by atoms with E-state index >= 15 is 0 Å². The molecule has 1 aliphatic rings. The normalized spacial score (nSPS) is 20.6. The summed E-state index contributed by atoms with van der Waals surface area (Å²) in [6.07, 6.45) is 5.12. The molecule has 0 unspecified atom stereocenters. The molecule has 0 spiro atoms. The lowest BCUT2D eigenvalue weighted by Gasteiger charge is -2.43. The third-order valence-corrected chi connectivity index (χ3v) is 4.39. The van der Waals surface area contributed by atoms with Gasteiger partial charge in [0.1, 0.15) is 0 Å². The van der Waals surface area contributed by atoms with Gasteiger partial charge in [-0.2, -0.15) is 5.10 Å². The molecule has 1 saturated heterocycles. The number of aliphatic carboxylic acids is 1. The van der Waals surface area contributed by atoms with Crippen molar-refractivity contribution in [3.63, 3.8) is 0 Å². The van der Waals surface area contributed by atoms with Crippen LogP contribution in [0.1, 0.15) is 39.2 Å². The van der Waals surface area contributed by atoms with E-state index in [-0.39, 0.29) is 6.42 Å². The summed E-state index contributed by atoms with van der Waals surface area (Å²) in [5.41, 5.74) is 1.17. The van der Waals surface area contributed by atoms with Crippen molar-refractivity contribution in [2.24, 2.45) is 0 Å². The summed E-state index contributed by atoms with van der Waals surface area (Å²) < 4.78 is 1.73. The average Bonchev–Trinajstić information content (AvgIpc) is 2.92. The SMILES string of the molecule is CC[C@H]1CN(Cc2cnn(CCC(=O)O)c2)CCN1C(C)C. The molecule has 1 aliphatic heterocycles. The van der Waals surface area contributed by atoms with E-state index in [1.807, 2.05) is 12.4 Å². The fourth-order valence-corrected chi connectivity index (χ4v) is 3.20. The first kappa shape index (κ1) is 17.0. The fraction of sp³-hybridized carbons (Fsp3) is 0.750. The molecule has 1 N–H and O–H groups in total. The number of aromatic nitrogens is 2. The summed E-state index contributed by atoms with van der Waals surface area (Å²) in [4.78, 5) is 15.7. The summed E-state index contributed by atoms with van der Waals surface area (Å²) in [5.74, 6) is -0.785. The van der Waals surface area contributed by atoms with Crippen molar-refractivity contribution in [1.29, 1.82) is 0 Å². The van der Waals surface area contributed by atoms with Crippen LogP contribution in [-0.4, -0.2) is 62.4 Å². The summed E-state index contributed by atoms with van der Waals surface area (Å²) >= 11 is 0. The Balaban J connectivity index is 1.87. The molecule has 124 valence electrons. The highest BCUT2D eigenvalue weighted by molar-refractivity contribution is 5.66. The number of piperazine rings is 1. The predicted molar refractivity (Wildman–Crippen MR) is 85.7 cm³/mol. The van der Waals surface area contributed by atoms with E-state index in [0.717, 1.165) is 26.2 Å². The number of carbonyl (C=O) groups is 1. The van der Waals surface area contributed by atoms with E-state index in [2.05, 4.69) is 35.7 Å². The monoisotopic (exact) mass is 308 g/mol. The van der Waals surface area contributed by atoms with Crippen LogP contribution >= 0.6 is 0 Å². The van der Waals surface area contributed by atoms with Gasteiger partial charge in [-0.3, -0.25) is 19.3 Å². The van der Waals surface area contributed by atoms with Gasteiger partial charge < -0.3 is 5.11 Å². The molecule has 0 bridgehead atoms. The molecule has 1 aromatic rings. The standard InChI is InChI=1S/C16H28N4O2/c1-4-15-12-18(7-8-20(15)13(2)3)10-14-9-17-19(11-14)6-5-16(21)22/h9,11,13,15H,4-8,10,12H2,1-3H3,(H,21,22)/t15-/m0/s1. The minimum atomic E-state index is -0.785. The summed E-state index contributed by atoms with van der Waals surface area (Å²) in [6.45, 7) is 11.4.